The number of sulfonamides is 1. The highest BCUT2D eigenvalue weighted by Gasteiger charge is 2.13. The number of aryl methyl sites for hydroxylation is 1. The van der Waals surface area contributed by atoms with Crippen molar-refractivity contribution in [2.24, 2.45) is 0 Å². The standard InChI is InChI=1S/C17H23NO4S/c1-14-9-8-10-15(13-14)23(20,21)18-12-7-5-6-11-16(19)22-17(2,3)4/h5-11,13,18H,12H2,1-4H3/b7-5-,11-6+. The molecule has 0 amide bonds. The molecule has 0 heterocycles. The van der Waals surface area contributed by atoms with Gasteiger partial charge in [0.15, 0.2) is 0 Å². The molecular formula is C17H23NO4S. The van der Waals surface area contributed by atoms with Crippen LogP contribution in [0.15, 0.2) is 53.5 Å². The fraction of sp³-hybridized carbons (Fsp3) is 0.353. The summed E-state index contributed by atoms with van der Waals surface area (Å²) in [4.78, 5) is 11.6. The van der Waals surface area contributed by atoms with Crippen molar-refractivity contribution in [2.75, 3.05) is 6.54 Å². The van der Waals surface area contributed by atoms with Gasteiger partial charge in [0, 0.05) is 12.6 Å². The van der Waals surface area contributed by atoms with Crippen LogP contribution in [-0.4, -0.2) is 26.5 Å². The van der Waals surface area contributed by atoms with Crippen molar-refractivity contribution >= 4 is 16.0 Å². The monoisotopic (exact) mass is 337 g/mol. The minimum absolute atomic E-state index is 0.134. The first kappa shape index (κ1) is 19.1. The number of rotatable bonds is 6. The first-order valence-corrected chi connectivity index (χ1v) is 8.71. The van der Waals surface area contributed by atoms with Crippen LogP contribution in [0, 0.1) is 6.92 Å². The average Bonchev–Trinajstić information content (AvgIpc) is 2.40. The molecule has 1 aromatic carbocycles. The van der Waals surface area contributed by atoms with Crippen molar-refractivity contribution < 1.29 is 17.9 Å². The van der Waals surface area contributed by atoms with E-state index >= 15 is 0 Å². The summed E-state index contributed by atoms with van der Waals surface area (Å²) in [6.07, 6.45) is 5.99. The Morgan fingerprint density at radius 2 is 1.96 bits per heavy atom. The molecule has 1 aromatic rings. The Hall–Kier alpha value is -1.92. The molecule has 1 rings (SSSR count). The first-order valence-electron chi connectivity index (χ1n) is 7.23. The summed E-state index contributed by atoms with van der Waals surface area (Å²) in [5, 5.41) is 0. The zero-order valence-electron chi connectivity index (χ0n) is 13.9. The Morgan fingerprint density at radius 1 is 1.26 bits per heavy atom. The number of benzene rings is 1. The third-order valence-corrected chi connectivity index (χ3v) is 4.00. The summed E-state index contributed by atoms with van der Waals surface area (Å²) in [6, 6.07) is 6.68. The van der Waals surface area contributed by atoms with E-state index in [9.17, 15) is 13.2 Å². The number of hydrogen-bond donors (Lipinski definition) is 1. The third-order valence-electron chi connectivity index (χ3n) is 2.58. The van der Waals surface area contributed by atoms with Gasteiger partial charge in [-0.2, -0.15) is 0 Å². The highest BCUT2D eigenvalue weighted by atomic mass is 32.2. The summed E-state index contributed by atoms with van der Waals surface area (Å²) in [5.41, 5.74) is 0.345. The number of ether oxygens (including phenoxy) is 1. The van der Waals surface area contributed by atoms with Crippen molar-refractivity contribution in [1.29, 1.82) is 0 Å². The van der Waals surface area contributed by atoms with Gasteiger partial charge in [-0.15, -0.1) is 0 Å². The molecule has 126 valence electrons. The van der Waals surface area contributed by atoms with Crippen LogP contribution in [-0.2, 0) is 19.6 Å². The van der Waals surface area contributed by atoms with E-state index in [0.717, 1.165) is 5.56 Å². The van der Waals surface area contributed by atoms with Gasteiger partial charge in [-0.25, -0.2) is 17.9 Å². The Bertz CT molecular complexity index is 698. The summed E-state index contributed by atoms with van der Waals surface area (Å²) in [5.74, 6) is -0.442. The molecule has 0 saturated heterocycles. The molecule has 0 aliphatic heterocycles. The van der Waals surface area contributed by atoms with Gasteiger partial charge in [0.25, 0.3) is 0 Å². The zero-order chi connectivity index (χ0) is 17.5. The second-order valence-corrected chi connectivity index (χ2v) is 7.76. The van der Waals surface area contributed by atoms with Gasteiger partial charge in [0.05, 0.1) is 4.90 Å². The van der Waals surface area contributed by atoms with Gasteiger partial charge in [-0.1, -0.05) is 30.4 Å². The van der Waals surface area contributed by atoms with E-state index in [4.69, 9.17) is 4.74 Å². The molecule has 0 radical (unpaired) electrons. The molecule has 0 aliphatic carbocycles. The lowest BCUT2D eigenvalue weighted by Crippen LogP contribution is -2.23. The average molecular weight is 337 g/mol. The summed E-state index contributed by atoms with van der Waals surface area (Å²) >= 11 is 0. The van der Waals surface area contributed by atoms with Gasteiger partial charge < -0.3 is 4.74 Å². The number of esters is 1. The zero-order valence-corrected chi connectivity index (χ0v) is 14.7. The molecule has 0 spiro atoms. The largest absolute Gasteiger partial charge is 0.457 e. The van der Waals surface area contributed by atoms with Gasteiger partial charge in [-0.3, -0.25) is 0 Å². The molecule has 0 aliphatic rings. The predicted molar refractivity (Wildman–Crippen MR) is 90.5 cm³/mol. The third kappa shape index (κ3) is 7.76. The van der Waals surface area contributed by atoms with Crippen molar-refractivity contribution in [3.8, 4) is 0 Å². The second-order valence-electron chi connectivity index (χ2n) is 5.99. The van der Waals surface area contributed by atoms with Crippen LogP contribution in [0.4, 0.5) is 0 Å². The molecule has 23 heavy (non-hydrogen) atoms. The number of carbonyl (C=O) groups excluding carboxylic acids is 1. The van der Waals surface area contributed by atoms with Crippen molar-refractivity contribution in [1.82, 2.24) is 4.72 Å². The molecule has 0 fully saturated rings. The normalized spacial score (nSPS) is 12.9. The highest BCUT2D eigenvalue weighted by molar-refractivity contribution is 7.89. The van der Waals surface area contributed by atoms with Crippen LogP contribution in [0.1, 0.15) is 26.3 Å². The maximum absolute atomic E-state index is 12.0. The van der Waals surface area contributed by atoms with Crippen LogP contribution < -0.4 is 4.72 Å². The topological polar surface area (TPSA) is 72.5 Å². The Kier molecular flexibility index (Phi) is 6.72. The summed E-state index contributed by atoms with van der Waals surface area (Å²) in [6.45, 7) is 7.33. The highest BCUT2D eigenvalue weighted by Crippen LogP contribution is 2.10. The van der Waals surface area contributed by atoms with Crippen LogP contribution >= 0.6 is 0 Å². The van der Waals surface area contributed by atoms with Gasteiger partial charge in [0.1, 0.15) is 5.60 Å². The smallest absolute Gasteiger partial charge is 0.331 e. The minimum atomic E-state index is -3.53. The molecule has 0 saturated carbocycles. The lowest BCUT2D eigenvalue weighted by molar-refractivity contribution is -0.148. The first-order chi connectivity index (χ1) is 10.6. The number of hydrogen-bond acceptors (Lipinski definition) is 4. The van der Waals surface area contributed by atoms with Gasteiger partial charge in [0.2, 0.25) is 10.0 Å². The quantitative estimate of drug-likeness (QED) is 0.492. The van der Waals surface area contributed by atoms with Crippen molar-refractivity contribution in [3.63, 3.8) is 0 Å². The van der Waals surface area contributed by atoms with E-state index < -0.39 is 21.6 Å². The predicted octanol–water partition coefficient (Wildman–Crippen LogP) is 2.73. The van der Waals surface area contributed by atoms with Crippen LogP contribution in [0.5, 0.6) is 0 Å². The fourth-order valence-corrected chi connectivity index (χ4v) is 2.72. The van der Waals surface area contributed by atoms with Crippen LogP contribution in [0.2, 0.25) is 0 Å². The molecule has 0 bridgehead atoms. The van der Waals surface area contributed by atoms with Crippen LogP contribution in [0.3, 0.4) is 0 Å². The van der Waals surface area contributed by atoms with E-state index in [-0.39, 0.29) is 11.4 Å². The molecule has 6 heteroatoms. The lowest BCUT2D eigenvalue weighted by Gasteiger charge is -2.17. The molecule has 5 nitrogen and oxygen atoms in total. The Morgan fingerprint density at radius 3 is 2.57 bits per heavy atom. The van der Waals surface area contributed by atoms with E-state index in [2.05, 4.69) is 4.72 Å². The SMILES string of the molecule is Cc1cccc(S(=O)(=O)NC/C=C\C=C\C(=O)OC(C)(C)C)c1. The fourth-order valence-electron chi connectivity index (χ4n) is 1.64. The number of nitrogens with one attached hydrogen (secondary N) is 1. The minimum Gasteiger partial charge on any atom is -0.457 e. The number of allylic oxidation sites excluding steroid dienone is 2. The Labute approximate surface area is 138 Å². The lowest BCUT2D eigenvalue weighted by atomic mass is 10.2. The maximum atomic E-state index is 12.0. The van der Waals surface area contributed by atoms with Crippen LogP contribution in [0.25, 0.3) is 0 Å². The molecule has 0 aromatic heterocycles. The van der Waals surface area contributed by atoms with Gasteiger partial charge in [-0.05, 0) is 45.4 Å². The number of carbonyl (C=O) groups is 1. The Balaban J connectivity index is 2.49. The van der Waals surface area contributed by atoms with E-state index in [1.807, 2.05) is 13.0 Å². The van der Waals surface area contributed by atoms with E-state index in [0.29, 0.717) is 0 Å². The molecule has 1 N–H and O–H groups in total. The summed E-state index contributed by atoms with van der Waals surface area (Å²) < 4.78 is 31.7. The molecule has 0 unspecified atom stereocenters. The molecular weight excluding hydrogens is 314 g/mol. The maximum Gasteiger partial charge on any atom is 0.331 e. The second kappa shape index (κ2) is 8.08. The van der Waals surface area contributed by atoms with Crippen molar-refractivity contribution in [2.45, 2.75) is 38.2 Å². The van der Waals surface area contributed by atoms with Gasteiger partial charge >= 0.3 is 5.97 Å². The summed E-state index contributed by atoms with van der Waals surface area (Å²) in [7, 11) is -3.53. The molecule has 0 atom stereocenters. The van der Waals surface area contributed by atoms with E-state index in [1.165, 1.54) is 12.2 Å². The van der Waals surface area contributed by atoms with E-state index in [1.54, 1.807) is 51.1 Å². The van der Waals surface area contributed by atoms with Crippen molar-refractivity contribution in [3.05, 3.63) is 54.1 Å².